The van der Waals surface area contributed by atoms with Crippen LogP contribution in [0.15, 0.2) is 18.2 Å². The van der Waals surface area contributed by atoms with Crippen LogP contribution >= 0.6 is 0 Å². The molecule has 0 aromatic heterocycles. The van der Waals surface area contributed by atoms with E-state index < -0.39 is 23.2 Å². The number of nitrogens with one attached hydrogen (secondary N) is 1. The molecule has 1 aromatic rings. The molecule has 22 heavy (non-hydrogen) atoms. The van der Waals surface area contributed by atoms with Crippen molar-refractivity contribution in [3.05, 3.63) is 29.3 Å². The highest BCUT2D eigenvalue weighted by Gasteiger charge is 2.54. The molecule has 0 saturated heterocycles. The first kappa shape index (κ1) is 16.8. The zero-order chi connectivity index (χ0) is 16.8. The van der Waals surface area contributed by atoms with Gasteiger partial charge in [-0.2, -0.15) is 0 Å². The van der Waals surface area contributed by atoms with E-state index in [1.165, 1.54) is 0 Å². The van der Waals surface area contributed by atoms with E-state index in [2.05, 4.69) is 5.32 Å². The minimum atomic E-state index is -3.12. The molecule has 6 nitrogen and oxygen atoms in total. The summed E-state index contributed by atoms with van der Waals surface area (Å²) in [6.07, 6.45) is -0.839. The standard InChI is InChI=1S/C15H20BNO5/c1-13(2,3)22-12(18)17-14(15(19,20)21)7-9-5-4-6-11(16)10(9)8-14/h4-6,19-21H,7-8H2,1-3H3,(H,17,18). The summed E-state index contributed by atoms with van der Waals surface area (Å²) >= 11 is 0. The average Bonchev–Trinajstić information content (AvgIpc) is 2.66. The molecule has 1 unspecified atom stereocenters. The summed E-state index contributed by atoms with van der Waals surface area (Å²) in [5.41, 5.74) is -0.598. The van der Waals surface area contributed by atoms with E-state index in [0.29, 0.717) is 11.0 Å². The molecule has 2 radical (unpaired) electrons. The second kappa shape index (κ2) is 5.26. The molecule has 4 N–H and O–H groups in total. The van der Waals surface area contributed by atoms with Crippen molar-refractivity contribution in [2.24, 2.45) is 0 Å². The van der Waals surface area contributed by atoms with E-state index in [-0.39, 0.29) is 12.8 Å². The Kier molecular flexibility index (Phi) is 4.02. The highest BCUT2D eigenvalue weighted by molar-refractivity contribution is 6.33. The molecule has 1 atom stereocenters. The maximum absolute atomic E-state index is 12.0. The minimum Gasteiger partial charge on any atom is -0.444 e. The number of hydrogen-bond donors (Lipinski definition) is 4. The molecule has 1 aliphatic rings. The summed E-state index contributed by atoms with van der Waals surface area (Å²) in [5.74, 6) is -3.12. The van der Waals surface area contributed by atoms with Crippen LogP contribution in [-0.4, -0.2) is 46.4 Å². The van der Waals surface area contributed by atoms with Crippen LogP contribution < -0.4 is 10.8 Å². The van der Waals surface area contributed by atoms with Crippen molar-refractivity contribution in [1.82, 2.24) is 5.32 Å². The van der Waals surface area contributed by atoms with Gasteiger partial charge in [0.2, 0.25) is 0 Å². The van der Waals surface area contributed by atoms with Crippen LogP contribution in [0.5, 0.6) is 0 Å². The number of rotatable bonds is 2. The molecule has 2 rings (SSSR count). The van der Waals surface area contributed by atoms with Crippen LogP contribution in [0.25, 0.3) is 0 Å². The summed E-state index contributed by atoms with van der Waals surface area (Å²) in [7, 11) is 5.88. The Bertz CT molecular complexity index is 591. The van der Waals surface area contributed by atoms with Crippen molar-refractivity contribution in [3.63, 3.8) is 0 Å². The third-order valence-corrected chi connectivity index (χ3v) is 3.66. The van der Waals surface area contributed by atoms with Gasteiger partial charge in [0.1, 0.15) is 19.0 Å². The van der Waals surface area contributed by atoms with Gasteiger partial charge >= 0.3 is 12.1 Å². The number of amides is 1. The largest absolute Gasteiger partial charge is 0.444 e. The van der Waals surface area contributed by atoms with E-state index >= 15 is 0 Å². The molecule has 0 spiro atoms. The molecule has 1 amide bonds. The first-order valence-electron chi connectivity index (χ1n) is 6.98. The van der Waals surface area contributed by atoms with Gasteiger partial charge in [-0.25, -0.2) is 4.79 Å². The lowest BCUT2D eigenvalue weighted by atomic mass is 9.87. The zero-order valence-corrected chi connectivity index (χ0v) is 12.9. The molecule has 0 heterocycles. The van der Waals surface area contributed by atoms with Gasteiger partial charge in [-0.1, -0.05) is 23.7 Å². The third kappa shape index (κ3) is 3.26. The second-order valence-electron chi connectivity index (χ2n) is 6.68. The van der Waals surface area contributed by atoms with E-state index in [4.69, 9.17) is 12.6 Å². The first-order valence-corrected chi connectivity index (χ1v) is 6.98. The Hall–Kier alpha value is -1.57. The van der Waals surface area contributed by atoms with Gasteiger partial charge in [0.15, 0.2) is 0 Å². The number of hydrogen-bond acceptors (Lipinski definition) is 5. The maximum Gasteiger partial charge on any atom is 0.408 e. The summed E-state index contributed by atoms with van der Waals surface area (Å²) in [4.78, 5) is 12.0. The van der Waals surface area contributed by atoms with Crippen LogP contribution in [0.4, 0.5) is 4.79 Å². The summed E-state index contributed by atoms with van der Waals surface area (Å²) in [5, 5.41) is 31.7. The first-order chi connectivity index (χ1) is 9.94. The SMILES string of the molecule is [B]c1cccc2c1CC(NC(=O)OC(C)(C)C)(C(O)(O)O)C2. The molecule has 1 aromatic carbocycles. The Morgan fingerprint density at radius 2 is 1.91 bits per heavy atom. The van der Waals surface area contributed by atoms with Crippen LogP contribution in [0.1, 0.15) is 31.9 Å². The predicted octanol–water partition coefficient (Wildman–Crippen LogP) is -0.527. The van der Waals surface area contributed by atoms with Crippen LogP contribution in [0.2, 0.25) is 0 Å². The number of aliphatic hydroxyl groups is 3. The number of carbonyl (C=O) groups excluding carboxylic acids is 1. The second-order valence-corrected chi connectivity index (χ2v) is 6.68. The van der Waals surface area contributed by atoms with Gasteiger partial charge in [-0.05, 0) is 31.9 Å². The Balaban J connectivity index is 2.30. The molecule has 0 aliphatic heterocycles. The van der Waals surface area contributed by atoms with Crippen molar-refractivity contribution in [3.8, 4) is 0 Å². The van der Waals surface area contributed by atoms with Gasteiger partial charge in [-0.3, -0.25) is 0 Å². The number of fused-ring (bicyclic) bond motifs is 1. The number of carbonyl (C=O) groups is 1. The van der Waals surface area contributed by atoms with Gasteiger partial charge in [0, 0.05) is 12.8 Å². The molecule has 0 bridgehead atoms. The molecule has 118 valence electrons. The van der Waals surface area contributed by atoms with Gasteiger partial charge in [-0.15, -0.1) is 0 Å². The third-order valence-electron chi connectivity index (χ3n) is 3.66. The van der Waals surface area contributed by atoms with Crippen LogP contribution in [-0.2, 0) is 17.6 Å². The molecular weight excluding hydrogens is 285 g/mol. The molecular formula is C15H20BNO5. The van der Waals surface area contributed by atoms with Crippen molar-refractivity contribution < 1.29 is 24.9 Å². The fraction of sp³-hybridized carbons (Fsp3) is 0.533. The normalized spacial score (nSPS) is 21.4. The quantitative estimate of drug-likeness (QED) is 0.435. The predicted molar refractivity (Wildman–Crippen MR) is 80.7 cm³/mol. The van der Waals surface area contributed by atoms with Crippen molar-refractivity contribution in [1.29, 1.82) is 0 Å². The monoisotopic (exact) mass is 305 g/mol. The number of benzene rings is 1. The van der Waals surface area contributed by atoms with E-state index in [9.17, 15) is 20.1 Å². The Morgan fingerprint density at radius 1 is 1.27 bits per heavy atom. The lowest BCUT2D eigenvalue weighted by molar-refractivity contribution is -0.351. The Morgan fingerprint density at radius 3 is 2.41 bits per heavy atom. The van der Waals surface area contributed by atoms with Crippen LogP contribution in [0.3, 0.4) is 0 Å². The molecule has 0 fully saturated rings. The smallest absolute Gasteiger partial charge is 0.408 e. The van der Waals surface area contributed by atoms with Gasteiger partial charge in [0.25, 0.3) is 0 Å². The fourth-order valence-corrected chi connectivity index (χ4v) is 2.63. The van der Waals surface area contributed by atoms with Gasteiger partial charge in [0.05, 0.1) is 0 Å². The molecule has 0 saturated carbocycles. The topological polar surface area (TPSA) is 99.0 Å². The van der Waals surface area contributed by atoms with Crippen LogP contribution in [0, 0.1) is 0 Å². The van der Waals surface area contributed by atoms with E-state index in [1.807, 2.05) is 0 Å². The molecule has 1 aliphatic carbocycles. The summed E-state index contributed by atoms with van der Waals surface area (Å²) in [6.45, 7) is 5.06. The number of ether oxygens (including phenoxy) is 1. The summed E-state index contributed by atoms with van der Waals surface area (Å²) < 4.78 is 5.13. The van der Waals surface area contributed by atoms with E-state index in [0.717, 1.165) is 5.56 Å². The minimum absolute atomic E-state index is 0.0161. The zero-order valence-electron chi connectivity index (χ0n) is 12.9. The van der Waals surface area contributed by atoms with Crippen molar-refractivity contribution in [2.75, 3.05) is 0 Å². The number of alkyl carbamates (subject to hydrolysis) is 1. The highest BCUT2D eigenvalue weighted by Crippen LogP contribution is 2.35. The summed E-state index contributed by atoms with van der Waals surface area (Å²) in [6, 6.07) is 5.16. The molecule has 7 heteroatoms. The Labute approximate surface area is 130 Å². The van der Waals surface area contributed by atoms with Crippen molar-refractivity contribution in [2.45, 2.75) is 50.7 Å². The lowest BCUT2D eigenvalue weighted by Crippen LogP contribution is -2.66. The highest BCUT2D eigenvalue weighted by atomic mass is 16.7. The average molecular weight is 305 g/mol. The van der Waals surface area contributed by atoms with E-state index in [1.54, 1.807) is 39.0 Å². The van der Waals surface area contributed by atoms with Crippen molar-refractivity contribution >= 4 is 19.4 Å². The lowest BCUT2D eigenvalue weighted by Gasteiger charge is -2.37. The van der Waals surface area contributed by atoms with Gasteiger partial charge < -0.3 is 25.4 Å². The maximum atomic E-state index is 12.0. The fourth-order valence-electron chi connectivity index (χ4n) is 2.63.